The number of unbranched alkanes of at least 4 members (excludes halogenated alkanes) is 2. The molecule has 1 nitrogen and oxygen atoms in total. The number of hydrogen-bond acceptors (Lipinski definition) is 1. The summed E-state index contributed by atoms with van der Waals surface area (Å²) >= 11 is 0. The molecule has 0 saturated carbocycles. The predicted molar refractivity (Wildman–Crippen MR) is 60.0 cm³/mol. The zero-order valence-electron chi connectivity index (χ0n) is 8.12. The lowest BCUT2D eigenvalue weighted by molar-refractivity contribution is 0.623. The summed E-state index contributed by atoms with van der Waals surface area (Å²) in [6.45, 7) is 2.22. The number of para-hydroxylation sites is 1. The van der Waals surface area contributed by atoms with Gasteiger partial charge in [0.15, 0.2) is 0 Å². The van der Waals surface area contributed by atoms with Crippen molar-refractivity contribution in [3.8, 4) is 5.75 Å². The molecule has 0 aliphatic carbocycles. The number of benzene rings is 1. The van der Waals surface area contributed by atoms with Gasteiger partial charge < -0.3 is 4.52 Å². The maximum Gasteiger partial charge on any atom is 0.125 e. The molecule has 0 aromatic heterocycles. The molecular weight excluding hydrogens is 179 g/mol. The fourth-order valence-electron chi connectivity index (χ4n) is 1.39. The van der Waals surface area contributed by atoms with Gasteiger partial charge in [0.25, 0.3) is 0 Å². The van der Waals surface area contributed by atoms with Crippen molar-refractivity contribution in [3.63, 3.8) is 0 Å². The van der Waals surface area contributed by atoms with E-state index in [1.165, 1.54) is 24.8 Å². The van der Waals surface area contributed by atoms with Crippen LogP contribution in [0.25, 0.3) is 0 Å². The van der Waals surface area contributed by atoms with Crippen molar-refractivity contribution in [2.24, 2.45) is 0 Å². The van der Waals surface area contributed by atoms with Crippen LogP contribution < -0.4 is 4.52 Å². The van der Waals surface area contributed by atoms with Gasteiger partial charge in [0, 0.05) is 0 Å². The molecule has 1 unspecified atom stereocenters. The summed E-state index contributed by atoms with van der Waals surface area (Å²) in [4.78, 5) is 0. The molecule has 72 valence electrons. The molecule has 0 fully saturated rings. The van der Waals surface area contributed by atoms with Crippen molar-refractivity contribution in [1.29, 1.82) is 0 Å². The molecule has 0 aliphatic heterocycles. The molecular formula is C11H17OP. The maximum atomic E-state index is 5.19. The summed E-state index contributed by atoms with van der Waals surface area (Å²) in [6, 6.07) is 8.21. The van der Waals surface area contributed by atoms with Crippen LogP contribution in [0.4, 0.5) is 0 Å². The fourth-order valence-corrected chi connectivity index (χ4v) is 1.62. The second kappa shape index (κ2) is 5.99. The Morgan fingerprint density at radius 2 is 2.00 bits per heavy atom. The van der Waals surface area contributed by atoms with Gasteiger partial charge in [0.2, 0.25) is 0 Å². The van der Waals surface area contributed by atoms with Crippen LogP contribution >= 0.6 is 9.47 Å². The quantitative estimate of drug-likeness (QED) is 0.516. The second-order valence-corrected chi connectivity index (χ2v) is 3.42. The van der Waals surface area contributed by atoms with E-state index in [9.17, 15) is 0 Å². The molecule has 1 atom stereocenters. The summed E-state index contributed by atoms with van der Waals surface area (Å²) in [6.07, 6.45) is 4.94. The second-order valence-electron chi connectivity index (χ2n) is 3.18. The lowest BCUT2D eigenvalue weighted by Crippen LogP contribution is -1.88. The van der Waals surface area contributed by atoms with Gasteiger partial charge >= 0.3 is 0 Å². The van der Waals surface area contributed by atoms with E-state index in [-0.39, 0.29) is 0 Å². The number of rotatable bonds is 5. The molecule has 2 heteroatoms. The van der Waals surface area contributed by atoms with Crippen molar-refractivity contribution >= 4 is 9.47 Å². The van der Waals surface area contributed by atoms with Crippen molar-refractivity contribution in [2.45, 2.75) is 32.6 Å². The standard InChI is InChI=1S/C11H17OP/c1-2-3-4-7-10-8-5-6-9-11(10)12-13/h5-6,8-9H,2-4,7,13H2,1H3. The molecule has 13 heavy (non-hydrogen) atoms. The SMILES string of the molecule is CCCCCc1ccccc1OP. The average molecular weight is 196 g/mol. The van der Waals surface area contributed by atoms with Gasteiger partial charge in [-0.15, -0.1) is 0 Å². The monoisotopic (exact) mass is 196 g/mol. The van der Waals surface area contributed by atoms with E-state index in [1.807, 2.05) is 12.1 Å². The molecule has 0 amide bonds. The van der Waals surface area contributed by atoms with Crippen LogP contribution in [-0.4, -0.2) is 0 Å². The Kier molecular flexibility index (Phi) is 4.85. The molecule has 0 aliphatic rings. The third-order valence-corrected chi connectivity index (χ3v) is 2.40. The third kappa shape index (κ3) is 3.36. The van der Waals surface area contributed by atoms with Crippen LogP contribution in [0.3, 0.4) is 0 Å². The minimum atomic E-state index is 0.989. The lowest BCUT2D eigenvalue weighted by Gasteiger charge is -2.06. The van der Waals surface area contributed by atoms with Gasteiger partial charge in [-0.25, -0.2) is 0 Å². The smallest absolute Gasteiger partial charge is 0.125 e. The number of hydrogen-bond donors (Lipinski definition) is 0. The topological polar surface area (TPSA) is 9.23 Å². The minimum absolute atomic E-state index is 0.989. The van der Waals surface area contributed by atoms with Crippen LogP contribution in [0.1, 0.15) is 31.7 Å². The van der Waals surface area contributed by atoms with Gasteiger partial charge in [0.1, 0.15) is 5.75 Å². The first kappa shape index (κ1) is 10.5. The number of aryl methyl sites for hydroxylation is 1. The highest BCUT2D eigenvalue weighted by molar-refractivity contribution is 7.10. The highest BCUT2D eigenvalue weighted by Crippen LogP contribution is 2.21. The van der Waals surface area contributed by atoms with Gasteiger partial charge in [-0.05, 0) is 24.5 Å². The van der Waals surface area contributed by atoms with Crippen molar-refractivity contribution in [3.05, 3.63) is 29.8 Å². The highest BCUT2D eigenvalue weighted by Gasteiger charge is 1.99. The van der Waals surface area contributed by atoms with E-state index in [4.69, 9.17) is 4.52 Å². The molecule has 0 spiro atoms. The van der Waals surface area contributed by atoms with Crippen molar-refractivity contribution in [1.82, 2.24) is 0 Å². The minimum Gasteiger partial charge on any atom is -0.480 e. The van der Waals surface area contributed by atoms with Crippen LogP contribution in [0.5, 0.6) is 5.75 Å². The maximum absolute atomic E-state index is 5.19. The molecule has 0 saturated heterocycles. The Balaban J connectivity index is 2.54. The predicted octanol–water partition coefficient (Wildman–Crippen LogP) is 3.59. The first-order valence-corrected chi connectivity index (χ1v) is 5.30. The van der Waals surface area contributed by atoms with Gasteiger partial charge in [0.05, 0.1) is 9.47 Å². The van der Waals surface area contributed by atoms with Gasteiger partial charge in [-0.3, -0.25) is 0 Å². The Morgan fingerprint density at radius 1 is 1.23 bits per heavy atom. The zero-order valence-corrected chi connectivity index (χ0v) is 9.28. The summed E-state index contributed by atoms with van der Waals surface area (Å²) < 4.78 is 5.19. The molecule has 0 bridgehead atoms. The average Bonchev–Trinajstić information content (AvgIpc) is 2.19. The molecule has 1 aromatic rings. The van der Waals surface area contributed by atoms with Crippen LogP contribution in [0.2, 0.25) is 0 Å². The Bertz CT molecular complexity index is 248. The largest absolute Gasteiger partial charge is 0.480 e. The first-order chi connectivity index (χ1) is 6.38. The highest BCUT2D eigenvalue weighted by atomic mass is 31.0. The molecule has 0 heterocycles. The lowest BCUT2D eigenvalue weighted by atomic mass is 10.1. The van der Waals surface area contributed by atoms with Crippen LogP contribution in [0.15, 0.2) is 24.3 Å². The van der Waals surface area contributed by atoms with E-state index < -0.39 is 0 Å². The van der Waals surface area contributed by atoms with E-state index in [2.05, 4.69) is 28.5 Å². The summed E-state index contributed by atoms with van der Waals surface area (Å²) in [7, 11) is 2.30. The Hall–Kier alpha value is -0.550. The Labute approximate surface area is 82.8 Å². The normalized spacial score (nSPS) is 10.0. The van der Waals surface area contributed by atoms with E-state index in [0.717, 1.165) is 12.2 Å². The first-order valence-electron chi connectivity index (χ1n) is 4.83. The van der Waals surface area contributed by atoms with Crippen LogP contribution in [-0.2, 0) is 6.42 Å². The fraction of sp³-hybridized carbons (Fsp3) is 0.455. The summed E-state index contributed by atoms with van der Waals surface area (Å²) in [5.41, 5.74) is 1.31. The van der Waals surface area contributed by atoms with E-state index in [0.29, 0.717) is 0 Å². The summed E-state index contributed by atoms with van der Waals surface area (Å²) in [5.74, 6) is 0.989. The zero-order chi connectivity index (χ0) is 9.52. The Morgan fingerprint density at radius 3 is 2.69 bits per heavy atom. The van der Waals surface area contributed by atoms with Crippen molar-refractivity contribution < 1.29 is 4.52 Å². The van der Waals surface area contributed by atoms with Crippen LogP contribution in [0, 0.1) is 0 Å². The van der Waals surface area contributed by atoms with E-state index in [1.54, 1.807) is 0 Å². The third-order valence-electron chi connectivity index (χ3n) is 2.15. The molecule has 1 aromatic carbocycles. The molecule has 0 N–H and O–H groups in total. The van der Waals surface area contributed by atoms with Gasteiger partial charge in [-0.2, -0.15) is 0 Å². The molecule has 0 radical (unpaired) electrons. The molecule has 1 rings (SSSR count). The van der Waals surface area contributed by atoms with E-state index >= 15 is 0 Å². The van der Waals surface area contributed by atoms with Gasteiger partial charge in [-0.1, -0.05) is 38.0 Å². The summed E-state index contributed by atoms with van der Waals surface area (Å²) in [5, 5.41) is 0. The van der Waals surface area contributed by atoms with Crippen molar-refractivity contribution in [2.75, 3.05) is 0 Å².